The summed E-state index contributed by atoms with van der Waals surface area (Å²) >= 11 is 1.55. The summed E-state index contributed by atoms with van der Waals surface area (Å²) in [5, 5.41) is 9.61. The summed E-state index contributed by atoms with van der Waals surface area (Å²) in [5.74, 6) is -0.972. The fraction of sp³-hybridized carbons (Fsp3) is 0.235. The molecule has 0 aromatic heterocycles. The quantitative estimate of drug-likeness (QED) is 0.762. The molecule has 134 valence electrons. The summed E-state index contributed by atoms with van der Waals surface area (Å²) in [6.45, 7) is 1.60. The van der Waals surface area contributed by atoms with Gasteiger partial charge in [0.2, 0.25) is 15.9 Å². The van der Waals surface area contributed by atoms with Crippen molar-refractivity contribution in [2.75, 3.05) is 17.1 Å². The van der Waals surface area contributed by atoms with Gasteiger partial charge < -0.3 is 10.8 Å². The zero-order valence-electron chi connectivity index (χ0n) is 13.9. The summed E-state index contributed by atoms with van der Waals surface area (Å²) in [5.41, 5.74) is 6.55. The van der Waals surface area contributed by atoms with Gasteiger partial charge in [-0.05, 0) is 43.3 Å². The van der Waals surface area contributed by atoms with Crippen LogP contribution in [0.2, 0.25) is 0 Å². The molecule has 0 unspecified atom stereocenters. The maximum absolute atomic E-state index is 12.0. The Kier molecular flexibility index (Phi) is 6.10. The smallest absolute Gasteiger partial charge is 0.248 e. The van der Waals surface area contributed by atoms with Crippen LogP contribution in [0.1, 0.15) is 5.56 Å². The van der Waals surface area contributed by atoms with Crippen LogP contribution in [-0.4, -0.2) is 38.3 Å². The molecule has 0 aliphatic rings. The van der Waals surface area contributed by atoms with Crippen molar-refractivity contribution in [2.24, 2.45) is 5.73 Å². The third kappa shape index (κ3) is 5.48. The lowest BCUT2D eigenvalue weighted by atomic mass is 10.2. The highest BCUT2D eigenvalue weighted by Crippen LogP contribution is 2.30. The van der Waals surface area contributed by atoms with E-state index in [9.17, 15) is 18.3 Å². The lowest BCUT2D eigenvalue weighted by molar-refractivity contribution is -0.125. The molecule has 0 spiro atoms. The number of aryl methyl sites for hydroxylation is 1. The van der Waals surface area contributed by atoms with Gasteiger partial charge in [-0.15, -0.1) is 0 Å². The molecule has 0 saturated heterocycles. The average Bonchev–Trinajstić information content (AvgIpc) is 2.54. The van der Waals surface area contributed by atoms with Crippen molar-refractivity contribution < 1.29 is 18.3 Å². The number of aliphatic hydroxyl groups excluding tert-OH is 1. The average molecular weight is 380 g/mol. The van der Waals surface area contributed by atoms with Crippen LogP contribution in [0, 0.1) is 6.92 Å². The molecule has 8 heteroatoms. The van der Waals surface area contributed by atoms with Crippen molar-refractivity contribution in [3.63, 3.8) is 0 Å². The van der Waals surface area contributed by atoms with Crippen molar-refractivity contribution in [1.29, 1.82) is 0 Å². The summed E-state index contributed by atoms with van der Waals surface area (Å²) < 4.78 is 24.9. The fourth-order valence-electron chi connectivity index (χ4n) is 2.10. The number of nitrogens with zero attached hydrogens (tertiary/aromatic N) is 1. The zero-order chi connectivity index (χ0) is 18.6. The van der Waals surface area contributed by atoms with Gasteiger partial charge in [-0.1, -0.05) is 29.5 Å². The molecule has 0 saturated carbocycles. The molecular formula is C17H20N2O4S2. The van der Waals surface area contributed by atoms with Crippen molar-refractivity contribution in [2.45, 2.75) is 22.8 Å². The SMILES string of the molecule is Cc1ccc(Sc2ccc(N(C[C@H](O)C(N)=O)S(C)(=O)=O)cc2)cc1. The molecule has 0 aliphatic heterocycles. The van der Waals surface area contributed by atoms with E-state index < -0.39 is 28.6 Å². The van der Waals surface area contributed by atoms with Crippen LogP contribution in [-0.2, 0) is 14.8 Å². The first-order valence-electron chi connectivity index (χ1n) is 7.46. The first kappa shape index (κ1) is 19.3. The molecule has 0 fully saturated rings. The lowest BCUT2D eigenvalue weighted by Gasteiger charge is -2.24. The van der Waals surface area contributed by atoms with E-state index in [-0.39, 0.29) is 0 Å². The topological polar surface area (TPSA) is 101 Å². The van der Waals surface area contributed by atoms with Crippen LogP contribution >= 0.6 is 11.8 Å². The Morgan fingerprint density at radius 1 is 1.12 bits per heavy atom. The number of carbonyl (C=O) groups is 1. The van der Waals surface area contributed by atoms with Gasteiger partial charge in [-0.2, -0.15) is 0 Å². The number of benzene rings is 2. The largest absolute Gasteiger partial charge is 0.381 e. The number of aliphatic hydroxyl groups is 1. The van der Waals surface area contributed by atoms with Gasteiger partial charge in [-0.25, -0.2) is 8.42 Å². The van der Waals surface area contributed by atoms with Gasteiger partial charge >= 0.3 is 0 Å². The molecule has 3 N–H and O–H groups in total. The van der Waals surface area contributed by atoms with E-state index in [1.807, 2.05) is 31.2 Å². The minimum atomic E-state index is -3.66. The normalized spacial score (nSPS) is 12.6. The van der Waals surface area contributed by atoms with Gasteiger partial charge in [0.1, 0.15) is 0 Å². The van der Waals surface area contributed by atoms with Crippen LogP contribution in [0.4, 0.5) is 5.69 Å². The summed E-state index contributed by atoms with van der Waals surface area (Å²) in [4.78, 5) is 13.0. The van der Waals surface area contributed by atoms with Crippen molar-refractivity contribution >= 4 is 33.4 Å². The van der Waals surface area contributed by atoms with Crippen LogP contribution in [0.3, 0.4) is 0 Å². The van der Waals surface area contributed by atoms with Gasteiger partial charge in [0, 0.05) is 9.79 Å². The Labute approximate surface area is 151 Å². The molecule has 2 rings (SSSR count). The van der Waals surface area contributed by atoms with Crippen molar-refractivity contribution in [1.82, 2.24) is 0 Å². The Balaban J connectivity index is 2.20. The highest BCUT2D eigenvalue weighted by atomic mass is 32.2. The number of nitrogens with two attached hydrogens (primary N) is 1. The molecule has 2 aromatic rings. The summed E-state index contributed by atoms with van der Waals surface area (Å²) in [6.07, 6.45) is -0.563. The first-order valence-corrected chi connectivity index (χ1v) is 10.1. The van der Waals surface area contributed by atoms with Crippen LogP contribution in [0.15, 0.2) is 58.3 Å². The second kappa shape index (κ2) is 7.90. The highest BCUT2D eigenvalue weighted by molar-refractivity contribution is 7.99. The van der Waals surface area contributed by atoms with E-state index in [1.165, 1.54) is 5.56 Å². The predicted molar refractivity (Wildman–Crippen MR) is 99.1 cm³/mol. The van der Waals surface area contributed by atoms with E-state index >= 15 is 0 Å². The Bertz CT molecular complexity index is 834. The van der Waals surface area contributed by atoms with Crippen molar-refractivity contribution in [3.05, 3.63) is 54.1 Å². The van der Waals surface area contributed by atoms with E-state index in [0.717, 1.165) is 20.4 Å². The second-order valence-corrected chi connectivity index (χ2v) is 8.68. The number of anilines is 1. The molecule has 0 heterocycles. The van der Waals surface area contributed by atoms with E-state index in [4.69, 9.17) is 5.73 Å². The number of hydrogen-bond donors (Lipinski definition) is 2. The number of carbonyl (C=O) groups excluding carboxylic acids is 1. The molecule has 1 atom stereocenters. The molecular weight excluding hydrogens is 360 g/mol. The number of sulfonamides is 1. The van der Waals surface area contributed by atoms with E-state index in [0.29, 0.717) is 5.69 Å². The molecule has 25 heavy (non-hydrogen) atoms. The van der Waals surface area contributed by atoms with Crippen molar-refractivity contribution in [3.8, 4) is 0 Å². The summed E-state index contributed by atoms with van der Waals surface area (Å²) in [6, 6.07) is 14.9. The van der Waals surface area contributed by atoms with Gasteiger partial charge in [0.25, 0.3) is 0 Å². The number of rotatable bonds is 7. The minimum absolute atomic E-state index is 0.357. The maximum Gasteiger partial charge on any atom is 0.248 e. The Hall–Kier alpha value is -2.03. The maximum atomic E-state index is 12.0. The Morgan fingerprint density at radius 3 is 2.04 bits per heavy atom. The molecule has 0 bridgehead atoms. The molecule has 6 nitrogen and oxygen atoms in total. The predicted octanol–water partition coefficient (Wildman–Crippen LogP) is 1.76. The lowest BCUT2D eigenvalue weighted by Crippen LogP contribution is -2.42. The Morgan fingerprint density at radius 2 is 1.60 bits per heavy atom. The van der Waals surface area contributed by atoms with Crippen LogP contribution in [0.5, 0.6) is 0 Å². The highest BCUT2D eigenvalue weighted by Gasteiger charge is 2.23. The number of hydrogen-bond acceptors (Lipinski definition) is 5. The minimum Gasteiger partial charge on any atom is -0.381 e. The monoisotopic (exact) mass is 380 g/mol. The molecule has 0 radical (unpaired) electrons. The second-order valence-electron chi connectivity index (χ2n) is 5.62. The first-order chi connectivity index (χ1) is 11.7. The molecule has 1 amide bonds. The number of amides is 1. The standard InChI is InChI=1S/C17H20N2O4S2/c1-12-3-7-14(8-4-12)24-15-9-5-13(6-10-15)19(25(2,22)23)11-16(20)17(18)21/h3-10,16,20H,11H2,1-2H3,(H2,18,21)/t16-/m0/s1. The number of primary amides is 1. The molecule has 2 aromatic carbocycles. The summed E-state index contributed by atoms with van der Waals surface area (Å²) in [7, 11) is -3.66. The third-order valence-corrected chi connectivity index (χ3v) is 5.63. The van der Waals surface area contributed by atoms with Crippen LogP contribution in [0.25, 0.3) is 0 Å². The molecule has 0 aliphatic carbocycles. The van der Waals surface area contributed by atoms with Crippen LogP contribution < -0.4 is 10.0 Å². The van der Waals surface area contributed by atoms with E-state index in [2.05, 4.69) is 0 Å². The van der Waals surface area contributed by atoms with Gasteiger partial charge in [0.05, 0.1) is 18.5 Å². The fourth-order valence-corrected chi connectivity index (χ4v) is 3.84. The van der Waals surface area contributed by atoms with Gasteiger partial charge in [0.15, 0.2) is 6.10 Å². The van der Waals surface area contributed by atoms with E-state index in [1.54, 1.807) is 36.0 Å². The zero-order valence-corrected chi connectivity index (χ0v) is 15.5. The van der Waals surface area contributed by atoms with Gasteiger partial charge in [-0.3, -0.25) is 9.10 Å². The third-order valence-electron chi connectivity index (χ3n) is 3.45.